The van der Waals surface area contributed by atoms with Gasteiger partial charge in [-0.2, -0.15) is 5.26 Å². The topological polar surface area (TPSA) is 109 Å². The van der Waals surface area contributed by atoms with Crippen molar-refractivity contribution in [2.45, 2.75) is 51.9 Å². The fourth-order valence-corrected chi connectivity index (χ4v) is 6.57. The third kappa shape index (κ3) is 8.58. The van der Waals surface area contributed by atoms with Crippen LogP contribution in [0.3, 0.4) is 0 Å². The van der Waals surface area contributed by atoms with E-state index in [9.17, 15) is 13.7 Å². The molecule has 1 saturated heterocycles. The Bertz CT molecular complexity index is 1450. The minimum atomic E-state index is -3.42. The minimum Gasteiger partial charge on any atom is -0.489 e. The van der Waals surface area contributed by atoms with Crippen molar-refractivity contribution in [3.8, 4) is 23.1 Å². The number of nitriles is 1. The van der Waals surface area contributed by atoms with Crippen molar-refractivity contribution >= 4 is 10.0 Å². The van der Waals surface area contributed by atoms with E-state index in [1.54, 1.807) is 16.6 Å². The average molecular weight is 592 g/mol. The normalized spacial score (nSPS) is 14.3. The lowest BCUT2D eigenvalue weighted by atomic mass is 10.1. The molecule has 224 valence electrons. The molecule has 1 fully saturated rings. The summed E-state index contributed by atoms with van der Waals surface area (Å²) in [7, 11) is -3.42. The van der Waals surface area contributed by atoms with Gasteiger partial charge in [-0.25, -0.2) is 22.7 Å². The van der Waals surface area contributed by atoms with E-state index in [0.717, 1.165) is 54.9 Å². The van der Waals surface area contributed by atoms with Crippen LogP contribution in [0.2, 0.25) is 0 Å². The predicted molar refractivity (Wildman–Crippen MR) is 164 cm³/mol. The lowest BCUT2D eigenvalue weighted by Crippen LogP contribution is -2.39. The Morgan fingerprint density at radius 1 is 0.976 bits per heavy atom. The van der Waals surface area contributed by atoms with Crippen molar-refractivity contribution < 1.29 is 17.9 Å². The zero-order valence-corrected chi connectivity index (χ0v) is 25.6. The van der Waals surface area contributed by atoms with Gasteiger partial charge in [-0.1, -0.05) is 45.0 Å². The molecule has 0 amide bonds. The first-order chi connectivity index (χ1) is 20.3. The predicted octanol–water partition coefficient (Wildman–Crippen LogP) is 4.66. The van der Waals surface area contributed by atoms with Crippen LogP contribution >= 0.6 is 0 Å². The van der Waals surface area contributed by atoms with Gasteiger partial charge in [0.25, 0.3) is 0 Å². The van der Waals surface area contributed by atoms with Gasteiger partial charge in [0.1, 0.15) is 23.7 Å². The summed E-state index contributed by atoms with van der Waals surface area (Å²) in [5.74, 6) is 1.19. The molecule has 2 aromatic carbocycles. The molecular weight excluding hydrogens is 550 g/mol. The first kappa shape index (κ1) is 31.6. The molecule has 0 unspecified atom stereocenters. The average Bonchev–Trinajstić information content (AvgIpc) is 3.01. The first-order valence-corrected chi connectivity index (χ1v) is 16.3. The summed E-state index contributed by atoms with van der Waals surface area (Å²) in [6.07, 6.45) is 3.90. The Morgan fingerprint density at radius 2 is 1.69 bits per heavy atom. The van der Waals surface area contributed by atoms with Crippen molar-refractivity contribution in [3.05, 3.63) is 77.2 Å². The summed E-state index contributed by atoms with van der Waals surface area (Å²) in [5, 5.41) is 9.75. The molecule has 2 heterocycles. The second-order valence-electron chi connectivity index (χ2n) is 10.4. The summed E-state index contributed by atoms with van der Waals surface area (Å²) in [5.41, 5.74) is 3.75. The quantitative estimate of drug-likeness (QED) is 0.266. The molecule has 0 saturated carbocycles. The smallest absolute Gasteiger partial charge is 0.218 e. The minimum absolute atomic E-state index is 0.0270. The van der Waals surface area contributed by atoms with E-state index in [1.165, 1.54) is 0 Å². The molecule has 9 nitrogen and oxygen atoms in total. The lowest BCUT2D eigenvalue weighted by Gasteiger charge is -2.25. The maximum atomic E-state index is 13.1. The second kappa shape index (κ2) is 15.2. The van der Waals surface area contributed by atoms with Crippen molar-refractivity contribution in [3.63, 3.8) is 0 Å². The first-order valence-electron chi connectivity index (χ1n) is 14.7. The number of benzene rings is 2. The fraction of sp³-hybridized carbons (Fsp3) is 0.469. The number of ether oxygens (including phenoxy) is 2. The molecule has 1 aliphatic heterocycles. The van der Waals surface area contributed by atoms with Crippen LogP contribution in [-0.2, 0) is 26.9 Å². The van der Waals surface area contributed by atoms with E-state index >= 15 is 0 Å². The molecule has 0 atom stereocenters. The van der Waals surface area contributed by atoms with Crippen LogP contribution in [0.1, 0.15) is 56.1 Å². The van der Waals surface area contributed by atoms with Crippen LogP contribution in [-0.4, -0.2) is 79.6 Å². The molecule has 3 aromatic rings. The third-order valence-electron chi connectivity index (χ3n) is 7.60. The Kier molecular flexibility index (Phi) is 11.4. The zero-order valence-electron chi connectivity index (χ0n) is 24.8. The van der Waals surface area contributed by atoms with Crippen molar-refractivity contribution in [2.24, 2.45) is 0 Å². The highest BCUT2D eigenvalue weighted by molar-refractivity contribution is 7.88. The number of nitrogens with zero attached hydrogens (tertiary/aromatic N) is 5. The molecule has 0 spiro atoms. The maximum Gasteiger partial charge on any atom is 0.218 e. The summed E-state index contributed by atoms with van der Waals surface area (Å²) in [6, 6.07) is 17.2. The molecule has 1 aliphatic rings. The van der Waals surface area contributed by atoms with E-state index in [-0.39, 0.29) is 11.9 Å². The molecule has 0 radical (unpaired) electrons. The highest BCUT2D eigenvalue weighted by Crippen LogP contribution is 2.28. The SMILES string of the molecule is CCN(CC)CCN(CC)S(=O)(=O)Cc1ccc(Cc2nccc(-c3ccc(OC4CCOCC4)c(C#N)c3)n2)cc1. The summed E-state index contributed by atoms with van der Waals surface area (Å²) in [4.78, 5) is 11.4. The molecule has 0 bridgehead atoms. The van der Waals surface area contributed by atoms with Gasteiger partial charge in [0, 0.05) is 50.7 Å². The van der Waals surface area contributed by atoms with Gasteiger partial charge in [-0.05, 0) is 48.5 Å². The summed E-state index contributed by atoms with van der Waals surface area (Å²) in [6.45, 7) is 10.9. The molecule has 10 heteroatoms. The van der Waals surface area contributed by atoms with Crippen LogP contribution in [0.25, 0.3) is 11.3 Å². The number of rotatable bonds is 14. The van der Waals surface area contributed by atoms with Crippen molar-refractivity contribution in [1.29, 1.82) is 5.26 Å². The van der Waals surface area contributed by atoms with E-state index < -0.39 is 10.0 Å². The fourth-order valence-electron chi connectivity index (χ4n) is 5.02. The van der Waals surface area contributed by atoms with E-state index in [2.05, 4.69) is 29.8 Å². The van der Waals surface area contributed by atoms with E-state index in [1.807, 2.05) is 49.4 Å². The van der Waals surface area contributed by atoms with Gasteiger partial charge < -0.3 is 14.4 Å². The summed E-state index contributed by atoms with van der Waals surface area (Å²) < 4.78 is 39.2. The maximum absolute atomic E-state index is 13.1. The monoisotopic (exact) mass is 591 g/mol. The Labute approximate surface area is 250 Å². The summed E-state index contributed by atoms with van der Waals surface area (Å²) >= 11 is 0. The van der Waals surface area contributed by atoms with Crippen LogP contribution in [0.5, 0.6) is 5.75 Å². The second-order valence-corrected chi connectivity index (χ2v) is 12.3. The van der Waals surface area contributed by atoms with Gasteiger partial charge in [0.15, 0.2) is 0 Å². The number of hydrogen-bond acceptors (Lipinski definition) is 8. The van der Waals surface area contributed by atoms with Crippen LogP contribution in [0.4, 0.5) is 0 Å². The number of likely N-dealkylation sites (N-methyl/N-ethyl adjacent to an activating group) is 2. The molecular formula is C32H41N5O4S. The molecule has 0 aliphatic carbocycles. The zero-order chi connectivity index (χ0) is 30.0. The number of sulfonamides is 1. The van der Waals surface area contributed by atoms with Gasteiger partial charge >= 0.3 is 0 Å². The Balaban J connectivity index is 1.40. The van der Waals surface area contributed by atoms with Gasteiger partial charge in [-0.3, -0.25) is 0 Å². The van der Waals surface area contributed by atoms with Gasteiger partial charge in [-0.15, -0.1) is 0 Å². The Morgan fingerprint density at radius 3 is 2.36 bits per heavy atom. The van der Waals surface area contributed by atoms with Crippen molar-refractivity contribution in [1.82, 2.24) is 19.2 Å². The van der Waals surface area contributed by atoms with Gasteiger partial charge in [0.05, 0.1) is 30.2 Å². The standard InChI is InChI=1S/C32H41N5O4S/c1-4-36(5-2)17-18-37(6-3)42(38,39)24-26-9-7-25(8-10-26)21-32-34-16-13-30(35-32)27-11-12-31(28(22-27)23-33)41-29-14-19-40-20-15-29/h7-13,16,22,29H,4-6,14-15,17-21,24H2,1-3H3. The van der Waals surface area contributed by atoms with E-state index in [4.69, 9.17) is 14.5 Å². The van der Waals surface area contributed by atoms with Crippen LogP contribution in [0.15, 0.2) is 54.7 Å². The van der Waals surface area contributed by atoms with Gasteiger partial charge in [0.2, 0.25) is 10.0 Å². The van der Waals surface area contributed by atoms with E-state index in [0.29, 0.717) is 49.9 Å². The Hall–Kier alpha value is -3.36. The molecule has 42 heavy (non-hydrogen) atoms. The largest absolute Gasteiger partial charge is 0.489 e. The van der Waals surface area contributed by atoms with Crippen molar-refractivity contribution in [2.75, 3.05) is 45.9 Å². The number of aromatic nitrogens is 2. The molecule has 1 aromatic heterocycles. The van der Waals surface area contributed by atoms with Crippen LogP contribution in [0, 0.1) is 11.3 Å². The number of hydrogen-bond donors (Lipinski definition) is 0. The lowest BCUT2D eigenvalue weighted by molar-refractivity contribution is 0.0254. The van der Waals surface area contributed by atoms with Crippen LogP contribution < -0.4 is 4.74 Å². The molecule has 0 N–H and O–H groups in total. The molecule has 4 rings (SSSR count). The third-order valence-corrected chi connectivity index (χ3v) is 9.53. The highest BCUT2D eigenvalue weighted by Gasteiger charge is 2.22. The highest BCUT2D eigenvalue weighted by atomic mass is 32.2.